The Balaban J connectivity index is 2.48. The SMILES string of the molecule is Nc1ccc(-c2ccccc2)cc1/C=N/O. The molecular formula is C13H12N2O. The Morgan fingerprint density at radius 3 is 2.44 bits per heavy atom. The highest BCUT2D eigenvalue weighted by atomic mass is 16.4. The molecule has 0 aliphatic heterocycles. The fraction of sp³-hybridized carbons (Fsp3) is 0. The molecule has 0 radical (unpaired) electrons. The topological polar surface area (TPSA) is 58.6 Å². The molecule has 0 atom stereocenters. The summed E-state index contributed by atoms with van der Waals surface area (Å²) in [6.07, 6.45) is 1.34. The third-order valence-electron chi connectivity index (χ3n) is 2.39. The third-order valence-corrected chi connectivity index (χ3v) is 2.39. The van der Waals surface area contributed by atoms with Crippen LogP contribution in [0.15, 0.2) is 53.7 Å². The molecule has 3 heteroatoms. The van der Waals surface area contributed by atoms with E-state index in [4.69, 9.17) is 10.9 Å². The molecule has 0 bridgehead atoms. The van der Waals surface area contributed by atoms with Gasteiger partial charge in [0.25, 0.3) is 0 Å². The van der Waals surface area contributed by atoms with Crippen LogP contribution in [0.3, 0.4) is 0 Å². The van der Waals surface area contributed by atoms with Crippen LogP contribution >= 0.6 is 0 Å². The summed E-state index contributed by atoms with van der Waals surface area (Å²) in [6, 6.07) is 15.6. The molecule has 0 aliphatic rings. The fourth-order valence-corrected chi connectivity index (χ4v) is 1.56. The molecule has 0 aliphatic carbocycles. The van der Waals surface area contributed by atoms with Crippen molar-refractivity contribution < 1.29 is 5.21 Å². The zero-order valence-corrected chi connectivity index (χ0v) is 8.67. The summed E-state index contributed by atoms with van der Waals surface area (Å²) < 4.78 is 0. The molecule has 3 N–H and O–H groups in total. The average molecular weight is 212 g/mol. The van der Waals surface area contributed by atoms with Gasteiger partial charge in [-0.05, 0) is 23.3 Å². The van der Waals surface area contributed by atoms with Gasteiger partial charge in [0.05, 0.1) is 6.21 Å². The van der Waals surface area contributed by atoms with Crippen LogP contribution < -0.4 is 5.73 Å². The van der Waals surface area contributed by atoms with Gasteiger partial charge in [-0.2, -0.15) is 0 Å². The minimum atomic E-state index is 0.595. The van der Waals surface area contributed by atoms with Gasteiger partial charge in [0.15, 0.2) is 0 Å². The van der Waals surface area contributed by atoms with Gasteiger partial charge < -0.3 is 10.9 Å². The van der Waals surface area contributed by atoms with Crippen molar-refractivity contribution in [1.29, 1.82) is 0 Å². The van der Waals surface area contributed by atoms with Crippen molar-refractivity contribution in [2.24, 2.45) is 5.16 Å². The van der Waals surface area contributed by atoms with E-state index in [0.717, 1.165) is 11.1 Å². The lowest BCUT2D eigenvalue weighted by molar-refractivity contribution is 0.322. The zero-order chi connectivity index (χ0) is 11.4. The van der Waals surface area contributed by atoms with Crippen molar-refractivity contribution in [3.05, 3.63) is 54.1 Å². The van der Waals surface area contributed by atoms with E-state index in [1.165, 1.54) is 6.21 Å². The van der Waals surface area contributed by atoms with Gasteiger partial charge >= 0.3 is 0 Å². The van der Waals surface area contributed by atoms with Gasteiger partial charge in [-0.25, -0.2) is 0 Å². The fourth-order valence-electron chi connectivity index (χ4n) is 1.56. The van der Waals surface area contributed by atoms with Crippen LogP contribution in [0.5, 0.6) is 0 Å². The lowest BCUT2D eigenvalue weighted by atomic mass is 10.0. The van der Waals surface area contributed by atoms with E-state index >= 15 is 0 Å². The number of rotatable bonds is 2. The summed E-state index contributed by atoms with van der Waals surface area (Å²) in [7, 11) is 0. The number of nitrogens with two attached hydrogens (primary N) is 1. The normalized spacial score (nSPS) is 10.8. The first-order chi connectivity index (χ1) is 7.81. The number of hydrogen-bond donors (Lipinski definition) is 2. The van der Waals surface area contributed by atoms with Crippen LogP contribution in [-0.4, -0.2) is 11.4 Å². The minimum Gasteiger partial charge on any atom is -0.411 e. The second-order valence-electron chi connectivity index (χ2n) is 3.45. The number of nitrogens with zero attached hydrogens (tertiary/aromatic N) is 1. The minimum absolute atomic E-state index is 0.595. The highest BCUT2D eigenvalue weighted by Gasteiger charge is 2.01. The lowest BCUT2D eigenvalue weighted by Gasteiger charge is -2.04. The molecule has 0 saturated heterocycles. The molecule has 0 heterocycles. The zero-order valence-electron chi connectivity index (χ0n) is 8.67. The Bertz CT molecular complexity index is 507. The number of nitrogen functional groups attached to an aromatic ring is 1. The van der Waals surface area contributed by atoms with Crippen molar-refractivity contribution in [3.8, 4) is 11.1 Å². The molecule has 0 saturated carbocycles. The standard InChI is InChI=1S/C13H12N2O/c14-13-7-6-11(8-12(13)9-15-16)10-4-2-1-3-5-10/h1-9,16H,14H2/b15-9+. The van der Waals surface area contributed by atoms with Crippen molar-refractivity contribution in [1.82, 2.24) is 0 Å². The van der Waals surface area contributed by atoms with E-state index in [1.54, 1.807) is 6.07 Å². The van der Waals surface area contributed by atoms with E-state index in [0.29, 0.717) is 11.3 Å². The molecule has 16 heavy (non-hydrogen) atoms. The Labute approximate surface area is 93.8 Å². The molecule has 0 amide bonds. The first-order valence-corrected chi connectivity index (χ1v) is 4.93. The summed E-state index contributed by atoms with van der Waals surface area (Å²) in [4.78, 5) is 0. The second kappa shape index (κ2) is 4.49. The largest absolute Gasteiger partial charge is 0.411 e. The molecule has 80 valence electrons. The van der Waals surface area contributed by atoms with Crippen molar-refractivity contribution >= 4 is 11.9 Å². The van der Waals surface area contributed by atoms with Crippen LogP contribution in [0.25, 0.3) is 11.1 Å². The first kappa shape index (κ1) is 10.2. The van der Waals surface area contributed by atoms with E-state index in [-0.39, 0.29) is 0 Å². The number of oxime groups is 1. The molecular weight excluding hydrogens is 200 g/mol. The van der Waals surface area contributed by atoms with Gasteiger partial charge in [0.1, 0.15) is 0 Å². The van der Waals surface area contributed by atoms with Gasteiger partial charge in [0.2, 0.25) is 0 Å². The highest BCUT2D eigenvalue weighted by Crippen LogP contribution is 2.22. The Morgan fingerprint density at radius 2 is 1.75 bits per heavy atom. The van der Waals surface area contributed by atoms with Crippen LogP contribution in [0.4, 0.5) is 5.69 Å². The summed E-state index contributed by atoms with van der Waals surface area (Å²) in [6.45, 7) is 0. The summed E-state index contributed by atoms with van der Waals surface area (Å²) in [5, 5.41) is 11.5. The molecule has 3 nitrogen and oxygen atoms in total. The van der Waals surface area contributed by atoms with E-state index < -0.39 is 0 Å². The quantitative estimate of drug-likeness (QED) is 0.348. The lowest BCUT2D eigenvalue weighted by Crippen LogP contribution is -1.93. The monoisotopic (exact) mass is 212 g/mol. The van der Waals surface area contributed by atoms with Gasteiger partial charge in [0, 0.05) is 11.3 Å². The van der Waals surface area contributed by atoms with Gasteiger partial charge in [-0.15, -0.1) is 0 Å². The molecule has 0 fully saturated rings. The number of hydrogen-bond acceptors (Lipinski definition) is 3. The predicted octanol–water partition coefficient (Wildman–Crippen LogP) is 2.74. The van der Waals surface area contributed by atoms with Crippen LogP contribution in [0.2, 0.25) is 0 Å². The Morgan fingerprint density at radius 1 is 1.00 bits per heavy atom. The molecule has 0 aromatic heterocycles. The molecule has 2 aromatic carbocycles. The van der Waals surface area contributed by atoms with Gasteiger partial charge in [-0.1, -0.05) is 41.6 Å². The van der Waals surface area contributed by atoms with Crippen LogP contribution in [0, 0.1) is 0 Å². The first-order valence-electron chi connectivity index (χ1n) is 4.93. The summed E-state index contributed by atoms with van der Waals surface area (Å²) in [5.74, 6) is 0. The maximum atomic E-state index is 8.52. The molecule has 0 spiro atoms. The number of anilines is 1. The second-order valence-corrected chi connectivity index (χ2v) is 3.45. The maximum absolute atomic E-state index is 8.52. The third kappa shape index (κ3) is 2.03. The molecule has 2 rings (SSSR count). The summed E-state index contributed by atoms with van der Waals surface area (Å²) >= 11 is 0. The van der Waals surface area contributed by atoms with Gasteiger partial charge in [-0.3, -0.25) is 0 Å². The van der Waals surface area contributed by atoms with Crippen molar-refractivity contribution in [2.75, 3.05) is 5.73 Å². The average Bonchev–Trinajstić information content (AvgIpc) is 2.33. The van der Waals surface area contributed by atoms with E-state index in [9.17, 15) is 0 Å². The Hall–Kier alpha value is -2.29. The van der Waals surface area contributed by atoms with Crippen LogP contribution in [0.1, 0.15) is 5.56 Å². The predicted molar refractivity (Wildman–Crippen MR) is 65.7 cm³/mol. The van der Waals surface area contributed by atoms with E-state index in [2.05, 4.69) is 5.16 Å². The smallest absolute Gasteiger partial charge is 0.0754 e. The molecule has 2 aromatic rings. The highest BCUT2D eigenvalue weighted by molar-refractivity contribution is 5.89. The Kier molecular flexibility index (Phi) is 2.87. The number of benzene rings is 2. The van der Waals surface area contributed by atoms with Crippen molar-refractivity contribution in [3.63, 3.8) is 0 Å². The van der Waals surface area contributed by atoms with E-state index in [1.807, 2.05) is 42.5 Å². The van der Waals surface area contributed by atoms with Crippen LogP contribution in [-0.2, 0) is 0 Å². The van der Waals surface area contributed by atoms with Crippen molar-refractivity contribution in [2.45, 2.75) is 0 Å². The summed E-state index contributed by atoms with van der Waals surface area (Å²) in [5.41, 5.74) is 9.21. The molecule has 0 unspecified atom stereocenters. The maximum Gasteiger partial charge on any atom is 0.0754 e.